The van der Waals surface area contributed by atoms with E-state index in [2.05, 4.69) is 24.5 Å². The molecule has 5 fully saturated rings. The van der Waals surface area contributed by atoms with Crippen molar-refractivity contribution >= 4 is 23.6 Å². The van der Waals surface area contributed by atoms with E-state index in [4.69, 9.17) is 47.4 Å². The molecule has 0 aromatic rings. The minimum absolute atomic E-state index is 0.138. The summed E-state index contributed by atoms with van der Waals surface area (Å²) in [5.74, 6) is -9.07. The lowest BCUT2D eigenvalue weighted by atomic mass is 9.86. The Morgan fingerprint density at radius 3 is 1.42 bits per heavy atom. The number of carboxylic acids is 1. The summed E-state index contributed by atoms with van der Waals surface area (Å²) in [6.07, 6.45) is -9.80. The number of ketones is 1. The molecular formula is C79H142N2O31. The number of Topliss-reactive ketones (excluding diaryl/α,β-unsaturated/α-hetero) is 1. The fourth-order valence-electron chi connectivity index (χ4n) is 15.4. The molecular weight excluding hydrogens is 1470 g/mol. The van der Waals surface area contributed by atoms with Gasteiger partial charge in [0, 0.05) is 32.1 Å². The highest BCUT2D eigenvalue weighted by molar-refractivity contribution is 5.77. The number of hydrogen-bond acceptors (Lipinski definition) is 30. The maximum Gasteiger partial charge on any atom is 0.364 e. The van der Waals surface area contributed by atoms with Gasteiger partial charge in [-0.3, -0.25) is 9.59 Å². The van der Waals surface area contributed by atoms with Gasteiger partial charge in [0.05, 0.1) is 70.0 Å². The third kappa shape index (κ3) is 31.8. The number of aliphatic carboxylic acids is 1. The predicted octanol–water partition coefficient (Wildman–Crippen LogP) is 2.00. The Balaban J connectivity index is 1.35. The Kier molecular flexibility index (Phi) is 47.9. The highest BCUT2D eigenvalue weighted by Crippen LogP contribution is 2.43. The van der Waals surface area contributed by atoms with Crippen LogP contribution >= 0.6 is 0 Å². The number of hydrogen-bond donors (Lipinski definition) is 19. The molecule has 28 atom stereocenters. The zero-order valence-electron chi connectivity index (χ0n) is 66.6. The first-order valence-electron chi connectivity index (χ1n) is 41.8. The van der Waals surface area contributed by atoms with Gasteiger partial charge in [-0.05, 0) is 26.2 Å². The summed E-state index contributed by atoms with van der Waals surface area (Å²) in [5, 5.41) is 195. The molecule has 112 heavy (non-hydrogen) atoms. The minimum Gasteiger partial charge on any atom is -0.477 e. The van der Waals surface area contributed by atoms with Crippen LogP contribution in [0.2, 0.25) is 0 Å². The number of unbranched alkanes of at least 4 members (excludes halogenated alkanes) is 30. The fourth-order valence-corrected chi connectivity index (χ4v) is 15.4. The van der Waals surface area contributed by atoms with Crippen LogP contribution < -0.4 is 10.6 Å². The van der Waals surface area contributed by atoms with Gasteiger partial charge in [0.25, 0.3) is 5.79 Å². The van der Waals surface area contributed by atoms with E-state index in [1.165, 1.54) is 141 Å². The Morgan fingerprint density at radius 1 is 0.491 bits per heavy atom. The van der Waals surface area contributed by atoms with Crippen LogP contribution in [-0.2, 0) is 66.5 Å². The van der Waals surface area contributed by atoms with E-state index in [9.17, 15) is 106 Å². The molecule has 33 heteroatoms. The number of nitrogens with one attached hydrogen (secondary N) is 2. The lowest BCUT2D eigenvalue weighted by Gasteiger charge is -2.52. The second-order valence-electron chi connectivity index (χ2n) is 31.4. The average Bonchev–Trinajstić information content (AvgIpc) is 0.749. The van der Waals surface area contributed by atoms with Crippen LogP contribution in [-0.4, -0.2) is 315 Å². The molecule has 19 N–H and O–H groups in total. The lowest BCUT2D eigenvalue weighted by molar-refractivity contribution is -0.406. The number of ether oxygens (including phenoxy) is 10. The number of allylic oxidation sites excluding steroid dienone is 1. The summed E-state index contributed by atoms with van der Waals surface area (Å²) >= 11 is 0. The van der Waals surface area contributed by atoms with Crippen molar-refractivity contribution in [2.45, 2.75) is 418 Å². The van der Waals surface area contributed by atoms with Crippen molar-refractivity contribution in [1.82, 2.24) is 10.6 Å². The summed E-state index contributed by atoms with van der Waals surface area (Å²) in [6, 6.07) is -2.89. The monoisotopic (exact) mass is 1610 g/mol. The van der Waals surface area contributed by atoms with E-state index in [1.54, 1.807) is 6.08 Å². The second-order valence-corrected chi connectivity index (χ2v) is 31.4. The number of carboxylic acid groups (broad SMARTS) is 1. The number of rotatable bonds is 58. The smallest absolute Gasteiger partial charge is 0.364 e. The standard InChI is InChI=1S/C79H142N2O31/c1-5-7-9-11-13-15-17-19-20-21-22-23-24-25-27-29-31-33-35-37-39-59(92)81-51(52(89)38-36-34-32-30-28-26-18-16-14-12-10-8-6-2)47-103-75-67(99)65(97)70(57(45-85)106-75)109-77-68(100)73(112-79(78(101)102)41-53(90)60(80-49(4)88)72(111-79)61(93)54(91)42-82)71(58(46-86)107-77)110-74-50(40-48(3)87)69(63(95)56(44-84)104-74)108-76-66(98)64(96)62(94)55(43-83)105-76/h36,38,50-58,60-77,82-86,89-91,93-100H,5-35,37,39-47H2,1-4H3,(H,80,88)(H,81,92)(H,101,102). The van der Waals surface area contributed by atoms with Crippen molar-refractivity contribution < 1.29 is 153 Å². The van der Waals surface area contributed by atoms with Gasteiger partial charge in [0.15, 0.2) is 25.2 Å². The van der Waals surface area contributed by atoms with Crippen LogP contribution in [0.1, 0.15) is 252 Å². The first-order valence-corrected chi connectivity index (χ1v) is 41.8. The molecule has 0 bridgehead atoms. The number of aliphatic hydroxyl groups is 16. The fraction of sp³-hybridized carbons (Fsp3) is 0.924. The van der Waals surface area contributed by atoms with Gasteiger partial charge in [-0.25, -0.2) is 4.79 Å². The quantitative estimate of drug-likeness (QED) is 0.0306. The summed E-state index contributed by atoms with van der Waals surface area (Å²) in [4.78, 5) is 53.2. The van der Waals surface area contributed by atoms with E-state index in [0.717, 1.165) is 65.2 Å². The molecule has 0 spiro atoms. The molecule has 5 aliphatic rings. The molecule has 0 aliphatic carbocycles. The third-order valence-electron chi connectivity index (χ3n) is 22.1. The van der Waals surface area contributed by atoms with Gasteiger partial charge in [0.1, 0.15) is 110 Å². The predicted molar refractivity (Wildman–Crippen MR) is 403 cm³/mol. The number of carbonyl (C=O) groups excluding carboxylic acids is 3. The largest absolute Gasteiger partial charge is 0.477 e. The molecule has 5 aliphatic heterocycles. The van der Waals surface area contributed by atoms with E-state index >= 15 is 0 Å². The summed E-state index contributed by atoms with van der Waals surface area (Å²) < 4.78 is 60.5. The van der Waals surface area contributed by atoms with Gasteiger partial charge in [-0.1, -0.05) is 212 Å². The van der Waals surface area contributed by atoms with Crippen LogP contribution in [0, 0.1) is 5.92 Å². The second kappa shape index (κ2) is 54.1. The van der Waals surface area contributed by atoms with Gasteiger partial charge < -0.3 is 150 Å². The molecule has 0 radical (unpaired) electrons. The molecule has 0 saturated carbocycles. The van der Waals surface area contributed by atoms with Crippen molar-refractivity contribution in [1.29, 1.82) is 0 Å². The third-order valence-corrected chi connectivity index (χ3v) is 22.1. The van der Waals surface area contributed by atoms with E-state index in [-0.39, 0.29) is 12.3 Å². The molecule has 654 valence electrons. The van der Waals surface area contributed by atoms with Gasteiger partial charge >= 0.3 is 5.97 Å². The first-order chi connectivity index (χ1) is 53.8. The van der Waals surface area contributed by atoms with E-state index < -0.39 is 241 Å². The normalized spacial score (nSPS) is 33.6. The first kappa shape index (κ1) is 99.3. The number of carbonyl (C=O) groups is 4. The average molecular weight is 1620 g/mol. The summed E-state index contributed by atoms with van der Waals surface area (Å²) in [7, 11) is 0. The summed E-state index contributed by atoms with van der Waals surface area (Å²) in [6.45, 7) is 0.550. The van der Waals surface area contributed by atoms with E-state index in [0.29, 0.717) is 12.8 Å². The van der Waals surface area contributed by atoms with Crippen LogP contribution in [0.4, 0.5) is 0 Å². The molecule has 5 rings (SSSR count). The highest BCUT2D eigenvalue weighted by Gasteiger charge is 2.62. The van der Waals surface area contributed by atoms with Crippen molar-refractivity contribution in [3.63, 3.8) is 0 Å². The maximum absolute atomic E-state index is 13.9. The molecule has 2 amide bonds. The van der Waals surface area contributed by atoms with Crippen molar-refractivity contribution in [3.05, 3.63) is 12.2 Å². The lowest BCUT2D eigenvalue weighted by Crippen LogP contribution is -2.71. The SMILES string of the molecule is CCCCCCCCCCCCCC=CC(O)C(COC1OC(CO)C(OC2OC(CO)C(OC3OC(CO)C(O)C(OC4OC(CO)C(O)C(O)C4O)C3CC(C)=O)C(OC3(C(=O)O)CC(O)C(NC(C)=O)C(C(O)C(O)CO)O3)C2O)C(O)C1O)NC(=O)CCCCCCCCCCCCCCCCCCCCCC. The zero-order valence-corrected chi connectivity index (χ0v) is 66.6. The van der Waals surface area contributed by atoms with Crippen LogP contribution in [0.25, 0.3) is 0 Å². The van der Waals surface area contributed by atoms with Gasteiger partial charge in [-0.2, -0.15) is 0 Å². The van der Waals surface area contributed by atoms with Crippen molar-refractivity contribution in [2.75, 3.05) is 39.6 Å². The topological polar surface area (TPSA) is 529 Å². The zero-order chi connectivity index (χ0) is 82.3. The number of amides is 2. The van der Waals surface area contributed by atoms with Crippen LogP contribution in [0.3, 0.4) is 0 Å². The molecule has 33 nitrogen and oxygen atoms in total. The highest BCUT2D eigenvalue weighted by atomic mass is 16.8. The molecule has 0 aromatic heterocycles. The van der Waals surface area contributed by atoms with Crippen molar-refractivity contribution in [3.8, 4) is 0 Å². The Labute approximate surface area is 660 Å². The number of aliphatic hydroxyl groups excluding tert-OH is 16. The van der Waals surface area contributed by atoms with Crippen LogP contribution in [0.15, 0.2) is 12.2 Å². The van der Waals surface area contributed by atoms with Gasteiger partial charge in [-0.15, -0.1) is 0 Å². The maximum atomic E-state index is 13.9. The molecule has 28 unspecified atom stereocenters. The summed E-state index contributed by atoms with van der Waals surface area (Å²) in [5.41, 5.74) is 0. The Bertz CT molecular complexity index is 2590. The molecule has 0 aromatic carbocycles. The molecule has 5 saturated heterocycles. The molecule has 5 heterocycles. The van der Waals surface area contributed by atoms with E-state index in [1.807, 2.05) is 6.08 Å². The minimum atomic E-state index is -3.37. The van der Waals surface area contributed by atoms with Crippen molar-refractivity contribution in [2.24, 2.45) is 5.92 Å². The Morgan fingerprint density at radius 2 is 0.929 bits per heavy atom. The van der Waals surface area contributed by atoms with Gasteiger partial charge in [0.2, 0.25) is 11.8 Å². The Hall–Kier alpha value is -3.22. The van der Waals surface area contributed by atoms with Crippen LogP contribution in [0.5, 0.6) is 0 Å².